The predicted octanol–water partition coefficient (Wildman–Crippen LogP) is 5.27. The van der Waals surface area contributed by atoms with Crippen LogP contribution in [0.4, 0.5) is 5.69 Å². The van der Waals surface area contributed by atoms with E-state index in [0.717, 1.165) is 66.0 Å². The fourth-order valence-corrected chi connectivity index (χ4v) is 6.64. The van der Waals surface area contributed by atoms with Gasteiger partial charge in [-0.15, -0.1) is 0 Å². The number of benzene rings is 3. The molecule has 2 saturated heterocycles. The van der Waals surface area contributed by atoms with E-state index in [2.05, 4.69) is 16.0 Å². The lowest BCUT2D eigenvalue weighted by atomic mass is 10.00. The first-order valence-corrected chi connectivity index (χ1v) is 15.6. The van der Waals surface area contributed by atoms with Crippen LogP contribution in [-0.2, 0) is 16.0 Å². The van der Waals surface area contributed by atoms with Crippen LogP contribution in [0.1, 0.15) is 21.5 Å². The molecule has 3 heterocycles. The van der Waals surface area contributed by atoms with Crippen molar-refractivity contribution in [3.8, 4) is 16.9 Å². The summed E-state index contributed by atoms with van der Waals surface area (Å²) < 4.78 is 12.2. The Labute approximate surface area is 264 Å². The van der Waals surface area contributed by atoms with Crippen molar-refractivity contribution in [3.05, 3.63) is 88.5 Å². The highest BCUT2D eigenvalue weighted by Gasteiger charge is 2.32. The fraction of sp³-hybridized carbons (Fsp3) is 0.242. The Morgan fingerprint density at radius 2 is 1.86 bits per heavy atom. The van der Waals surface area contributed by atoms with Gasteiger partial charge in [0.15, 0.2) is 0 Å². The predicted molar refractivity (Wildman–Crippen MR) is 178 cm³/mol. The Kier molecular flexibility index (Phi) is 8.99. The molecule has 0 unspecified atom stereocenters. The highest BCUT2D eigenvalue weighted by molar-refractivity contribution is 8.26. The minimum absolute atomic E-state index is 0.162. The summed E-state index contributed by atoms with van der Waals surface area (Å²) in [6.45, 7) is 4.89. The first kappa shape index (κ1) is 29.9. The van der Waals surface area contributed by atoms with Crippen LogP contribution in [0.2, 0.25) is 0 Å². The smallest absolute Gasteiger partial charge is 0.335 e. The summed E-state index contributed by atoms with van der Waals surface area (Å²) in [4.78, 5) is 32.3. The number of amides is 1. The van der Waals surface area contributed by atoms with Crippen molar-refractivity contribution < 1.29 is 24.2 Å². The van der Waals surface area contributed by atoms with Gasteiger partial charge in [0.2, 0.25) is 0 Å². The number of carbonyl (C=O) groups excluding carboxylic acids is 1. The molecule has 1 aromatic heterocycles. The summed E-state index contributed by atoms with van der Waals surface area (Å²) in [5, 5.41) is 10.2. The van der Waals surface area contributed by atoms with Crippen molar-refractivity contribution in [1.82, 2.24) is 14.8 Å². The molecule has 0 saturated carbocycles. The first-order valence-electron chi connectivity index (χ1n) is 14.4. The van der Waals surface area contributed by atoms with Crippen molar-refractivity contribution in [2.24, 2.45) is 0 Å². The van der Waals surface area contributed by atoms with E-state index in [4.69, 9.17) is 32.5 Å². The molecule has 9 nitrogen and oxygen atoms in total. The number of nitrogens with two attached hydrogens (primary N) is 1. The average molecular weight is 629 g/mol. The maximum atomic E-state index is 13.5. The molecular formula is C33H32N4O5S2. The SMILES string of the molecule is Nc1cc(-c2ccc(OCCN3CCOCC3)c(C=C3SC(=S)N(CCc4ccc(C(=O)O)cc4)C3=O)c2)cc2cc[nH]c12. The van der Waals surface area contributed by atoms with Crippen molar-refractivity contribution in [2.45, 2.75) is 6.42 Å². The Bertz CT molecular complexity index is 1740. The molecule has 0 spiro atoms. The van der Waals surface area contributed by atoms with E-state index in [1.807, 2.05) is 42.6 Å². The van der Waals surface area contributed by atoms with Crippen LogP contribution >= 0.6 is 24.0 Å². The number of morpholine rings is 1. The second kappa shape index (κ2) is 13.2. The summed E-state index contributed by atoms with van der Waals surface area (Å²) >= 11 is 6.87. The maximum absolute atomic E-state index is 13.5. The molecular weight excluding hydrogens is 597 g/mol. The minimum Gasteiger partial charge on any atom is -0.492 e. The molecule has 2 aliphatic heterocycles. The van der Waals surface area contributed by atoms with Gasteiger partial charge in [0.25, 0.3) is 5.91 Å². The number of anilines is 1. The number of carboxylic acids is 1. The number of aromatic nitrogens is 1. The van der Waals surface area contributed by atoms with Gasteiger partial charge in [-0.05, 0) is 71.7 Å². The number of nitrogens with one attached hydrogen (secondary N) is 1. The average Bonchev–Trinajstić information content (AvgIpc) is 3.61. The van der Waals surface area contributed by atoms with Gasteiger partial charge in [-0.1, -0.05) is 42.2 Å². The number of carbonyl (C=O) groups is 2. The molecule has 4 aromatic rings. The topological polar surface area (TPSA) is 121 Å². The number of carboxylic acid groups (broad SMARTS) is 1. The van der Waals surface area contributed by atoms with Gasteiger partial charge >= 0.3 is 5.97 Å². The zero-order chi connectivity index (χ0) is 30.6. The number of hydrogen-bond donors (Lipinski definition) is 3. The zero-order valence-electron chi connectivity index (χ0n) is 24.0. The van der Waals surface area contributed by atoms with E-state index in [1.54, 1.807) is 29.2 Å². The van der Waals surface area contributed by atoms with Crippen LogP contribution < -0.4 is 10.5 Å². The molecule has 3 aromatic carbocycles. The summed E-state index contributed by atoms with van der Waals surface area (Å²) in [5.74, 6) is -0.452. The van der Waals surface area contributed by atoms with Gasteiger partial charge in [-0.3, -0.25) is 14.6 Å². The summed E-state index contributed by atoms with van der Waals surface area (Å²) in [6.07, 6.45) is 4.27. The first-order chi connectivity index (χ1) is 21.4. The third-order valence-electron chi connectivity index (χ3n) is 7.79. The molecule has 0 atom stereocenters. The highest BCUT2D eigenvalue weighted by atomic mass is 32.2. The monoisotopic (exact) mass is 628 g/mol. The standard InChI is InChI=1S/C33H32N4O5S2/c34-27-19-25(18-24-7-9-35-30(24)27)23-5-6-28(42-16-13-36-11-14-41-15-12-36)26(17-23)20-29-31(38)37(33(43)44-29)10-8-21-1-3-22(4-2-21)32(39)40/h1-7,9,17-20,35H,8,10-16,34H2,(H,39,40). The summed E-state index contributed by atoms with van der Waals surface area (Å²) in [7, 11) is 0. The Balaban J connectivity index is 1.24. The van der Waals surface area contributed by atoms with Gasteiger partial charge in [-0.25, -0.2) is 4.79 Å². The number of ether oxygens (including phenoxy) is 2. The van der Waals surface area contributed by atoms with Crippen LogP contribution in [0, 0.1) is 0 Å². The Hall–Kier alpha value is -4.16. The molecule has 2 fully saturated rings. The van der Waals surface area contributed by atoms with Crippen molar-refractivity contribution in [2.75, 3.05) is 51.7 Å². The molecule has 0 bridgehead atoms. The second-order valence-electron chi connectivity index (χ2n) is 10.6. The number of thioether (sulfide) groups is 1. The van der Waals surface area contributed by atoms with Gasteiger partial charge in [0.1, 0.15) is 16.7 Å². The molecule has 44 heavy (non-hydrogen) atoms. The molecule has 226 valence electrons. The van der Waals surface area contributed by atoms with Crippen molar-refractivity contribution in [1.29, 1.82) is 0 Å². The van der Waals surface area contributed by atoms with Gasteiger partial charge in [0.05, 0.1) is 34.9 Å². The van der Waals surface area contributed by atoms with Gasteiger partial charge in [-0.2, -0.15) is 0 Å². The molecule has 6 rings (SSSR count). The van der Waals surface area contributed by atoms with Gasteiger partial charge < -0.3 is 25.3 Å². The van der Waals surface area contributed by atoms with Gasteiger partial charge in [0, 0.05) is 43.3 Å². The molecule has 11 heteroatoms. The van der Waals surface area contributed by atoms with E-state index >= 15 is 0 Å². The maximum Gasteiger partial charge on any atom is 0.335 e. The lowest BCUT2D eigenvalue weighted by molar-refractivity contribution is -0.122. The van der Waals surface area contributed by atoms with Crippen LogP contribution in [0.25, 0.3) is 28.1 Å². The van der Waals surface area contributed by atoms with E-state index in [1.165, 1.54) is 11.8 Å². The largest absolute Gasteiger partial charge is 0.492 e. The molecule has 0 aliphatic carbocycles. The quantitative estimate of drug-likeness (QED) is 0.123. The summed E-state index contributed by atoms with van der Waals surface area (Å²) in [5.41, 5.74) is 11.7. The van der Waals surface area contributed by atoms with E-state index < -0.39 is 5.97 Å². The van der Waals surface area contributed by atoms with Crippen molar-refractivity contribution in [3.63, 3.8) is 0 Å². The fourth-order valence-electron chi connectivity index (χ4n) is 5.34. The van der Waals surface area contributed by atoms with E-state index in [9.17, 15) is 9.59 Å². The molecule has 4 N–H and O–H groups in total. The lowest BCUT2D eigenvalue weighted by Crippen LogP contribution is -2.38. The number of aromatic carboxylic acids is 1. The van der Waals surface area contributed by atoms with Crippen LogP contribution in [0.5, 0.6) is 5.75 Å². The second-order valence-corrected chi connectivity index (χ2v) is 12.3. The Morgan fingerprint density at radius 1 is 1.07 bits per heavy atom. The Morgan fingerprint density at radius 3 is 2.64 bits per heavy atom. The summed E-state index contributed by atoms with van der Waals surface area (Å²) in [6, 6.07) is 18.7. The molecule has 1 amide bonds. The van der Waals surface area contributed by atoms with Crippen LogP contribution in [0.3, 0.4) is 0 Å². The molecule has 0 radical (unpaired) electrons. The number of nitrogens with zero attached hydrogens (tertiary/aromatic N) is 2. The number of H-pyrrole nitrogens is 1. The number of rotatable bonds is 10. The third kappa shape index (κ3) is 6.66. The third-order valence-corrected chi connectivity index (χ3v) is 9.16. The van der Waals surface area contributed by atoms with Crippen LogP contribution in [-0.4, -0.2) is 82.1 Å². The number of aromatic amines is 1. The van der Waals surface area contributed by atoms with E-state index in [0.29, 0.717) is 40.2 Å². The highest BCUT2D eigenvalue weighted by Crippen LogP contribution is 2.37. The number of hydrogen-bond acceptors (Lipinski definition) is 8. The van der Waals surface area contributed by atoms with E-state index in [-0.39, 0.29) is 11.5 Å². The number of thiocarbonyl (C=S) groups is 1. The number of fused-ring (bicyclic) bond motifs is 1. The minimum atomic E-state index is -0.972. The zero-order valence-corrected chi connectivity index (χ0v) is 25.6. The van der Waals surface area contributed by atoms with Crippen molar-refractivity contribution >= 4 is 62.8 Å². The number of nitrogen functional groups attached to an aromatic ring is 1. The molecule has 2 aliphatic rings. The normalized spacial score (nSPS) is 16.7. The van der Waals surface area contributed by atoms with Crippen LogP contribution in [0.15, 0.2) is 71.8 Å². The lowest BCUT2D eigenvalue weighted by Gasteiger charge is -2.26.